The van der Waals surface area contributed by atoms with Gasteiger partial charge in [0.15, 0.2) is 17.5 Å². The average molecular weight is 883 g/mol. The Hall–Kier alpha value is -6.87. The van der Waals surface area contributed by atoms with Gasteiger partial charge >= 0.3 is 5.91 Å². The Kier molecular flexibility index (Phi) is 10.1. The molecule has 1 unspecified atom stereocenters. The van der Waals surface area contributed by atoms with E-state index >= 15 is 0 Å². The smallest absolute Gasteiger partial charge is 0.370 e. The van der Waals surface area contributed by atoms with Gasteiger partial charge in [-0.2, -0.15) is 0 Å². The number of halogens is 2. The molecule has 63 heavy (non-hydrogen) atoms. The highest BCUT2D eigenvalue weighted by molar-refractivity contribution is 6.31. The number of nitrogens with zero attached hydrogens (tertiary/aromatic N) is 6. The van der Waals surface area contributed by atoms with E-state index in [9.17, 15) is 14.4 Å². The molecule has 3 amide bonds. The van der Waals surface area contributed by atoms with Gasteiger partial charge in [0, 0.05) is 64.2 Å². The molecule has 0 spiro atoms. The highest BCUT2D eigenvalue weighted by Gasteiger charge is 2.54. The highest BCUT2D eigenvalue weighted by Crippen LogP contribution is 2.41. The molecule has 0 bridgehead atoms. The van der Waals surface area contributed by atoms with Crippen LogP contribution in [0.5, 0.6) is 11.5 Å². The number of quaternary nitrogens is 1. The number of ether oxygens (including phenoxy) is 2. The van der Waals surface area contributed by atoms with Crippen molar-refractivity contribution in [1.29, 1.82) is 0 Å². The third kappa shape index (κ3) is 6.72. The normalized spacial score (nSPS) is 18.7. The van der Waals surface area contributed by atoms with Crippen LogP contribution in [0.1, 0.15) is 58.5 Å². The summed E-state index contributed by atoms with van der Waals surface area (Å²) in [5, 5.41) is 2.90. The zero-order chi connectivity index (χ0) is 43.6. The molecular weight excluding hydrogens is 843 g/mol. The quantitative estimate of drug-likeness (QED) is 0.105. The van der Waals surface area contributed by atoms with Crippen LogP contribution in [0.15, 0.2) is 102 Å². The number of carbonyl (C=O) groups is 3. The first-order valence-corrected chi connectivity index (χ1v) is 21.2. The van der Waals surface area contributed by atoms with Crippen LogP contribution in [-0.2, 0) is 4.79 Å². The minimum Gasteiger partial charge on any atom is -0.496 e. The number of imidazole rings is 1. The topological polar surface area (TPSA) is 179 Å². The number of aromatic amines is 1. The summed E-state index contributed by atoms with van der Waals surface area (Å²) in [6, 6.07) is 26.1. The van der Waals surface area contributed by atoms with Crippen molar-refractivity contribution in [3.05, 3.63) is 125 Å². The van der Waals surface area contributed by atoms with Crippen LogP contribution in [0.25, 0.3) is 55.4 Å². The van der Waals surface area contributed by atoms with Gasteiger partial charge in [0.25, 0.3) is 11.8 Å². The van der Waals surface area contributed by atoms with Crippen LogP contribution in [-0.4, -0.2) is 80.9 Å². The lowest BCUT2D eigenvalue weighted by molar-refractivity contribution is -0.121. The Morgan fingerprint density at radius 1 is 0.794 bits per heavy atom. The van der Waals surface area contributed by atoms with Crippen molar-refractivity contribution in [2.75, 3.05) is 27.3 Å². The summed E-state index contributed by atoms with van der Waals surface area (Å²) in [5.41, 5.74) is 9.92. The molecule has 2 aliphatic heterocycles. The number of amides is 3. The number of oxazole rings is 1. The molecule has 8 aromatic rings. The van der Waals surface area contributed by atoms with Crippen molar-refractivity contribution >= 4 is 79.2 Å². The average Bonchev–Trinajstić information content (AvgIpc) is 4.14. The van der Waals surface area contributed by atoms with Gasteiger partial charge in [-0.15, -0.1) is 0 Å². The number of likely N-dealkylation sites (tertiary alicyclic amines) is 2. The van der Waals surface area contributed by atoms with E-state index in [0.717, 1.165) is 29.4 Å². The number of nitrogens with two attached hydrogens (primary N) is 1. The predicted octanol–water partition coefficient (Wildman–Crippen LogP) is 9.08. The van der Waals surface area contributed by atoms with Gasteiger partial charge in [-0.25, -0.2) is 29.2 Å². The molecule has 316 valence electrons. The molecule has 3 atom stereocenters. The Labute approximate surface area is 370 Å². The van der Waals surface area contributed by atoms with E-state index in [-0.39, 0.29) is 44.0 Å². The van der Waals surface area contributed by atoms with Crippen molar-refractivity contribution in [3.8, 4) is 34.3 Å². The molecule has 2 fully saturated rings. The summed E-state index contributed by atoms with van der Waals surface area (Å²) in [6.07, 6.45) is 4.21. The Morgan fingerprint density at radius 3 is 2.14 bits per heavy atom. The second-order valence-corrected chi connectivity index (χ2v) is 16.5. The van der Waals surface area contributed by atoms with Crippen LogP contribution < -0.4 is 19.7 Å². The number of methoxy groups -OCH3 is 2. The summed E-state index contributed by atoms with van der Waals surface area (Å²) in [4.78, 5) is 65.7. The minimum atomic E-state index is -0.821. The SMILES string of the molecule is COc1cccc2c(C(=O)N3CCC[C@H]3c3nc4ccc(-c5cnc(-c6ccc([N+]7(C(=O)c8nc(Cl)cc9c(OC)cccc89)CCC[C@H]7C(N)=O)cc6)o5)cc4[nH]3)nc(Cl)cc12. The number of aromatic nitrogens is 5. The molecular formula is C47H39Cl2N8O6+. The monoisotopic (exact) mass is 881 g/mol. The van der Waals surface area contributed by atoms with Gasteiger partial charge in [0.1, 0.15) is 39.0 Å². The summed E-state index contributed by atoms with van der Waals surface area (Å²) in [6.45, 7) is 0.884. The van der Waals surface area contributed by atoms with Crippen molar-refractivity contribution < 1.29 is 28.3 Å². The first kappa shape index (κ1) is 40.2. The molecule has 0 saturated carbocycles. The summed E-state index contributed by atoms with van der Waals surface area (Å²) >= 11 is 12.9. The molecule has 0 radical (unpaired) electrons. The minimum absolute atomic E-state index is 0.126. The Morgan fingerprint density at radius 2 is 1.46 bits per heavy atom. The molecule has 10 rings (SSSR count). The lowest BCUT2D eigenvalue weighted by atomic mass is 10.0. The Bertz CT molecular complexity index is 3150. The number of fused-ring (bicyclic) bond motifs is 3. The van der Waals surface area contributed by atoms with E-state index in [1.165, 1.54) is 0 Å². The third-order valence-electron chi connectivity index (χ3n) is 12.4. The summed E-state index contributed by atoms with van der Waals surface area (Å²) in [5.74, 6) is 1.52. The highest BCUT2D eigenvalue weighted by atomic mass is 35.5. The van der Waals surface area contributed by atoms with Crippen molar-refractivity contribution in [1.82, 2.24) is 34.3 Å². The van der Waals surface area contributed by atoms with E-state index in [1.807, 2.05) is 60.7 Å². The number of pyridine rings is 2. The molecule has 2 aliphatic rings. The van der Waals surface area contributed by atoms with E-state index in [4.69, 9.17) is 47.8 Å². The number of nitrogens with one attached hydrogen (secondary N) is 1. The lowest BCUT2D eigenvalue weighted by Crippen LogP contribution is -2.61. The molecule has 2 saturated heterocycles. The summed E-state index contributed by atoms with van der Waals surface area (Å²) in [7, 11) is 3.13. The maximum atomic E-state index is 14.8. The van der Waals surface area contributed by atoms with Crippen LogP contribution in [0, 0.1) is 0 Å². The zero-order valence-corrected chi connectivity index (χ0v) is 35.6. The van der Waals surface area contributed by atoms with Gasteiger partial charge in [-0.05, 0) is 67.4 Å². The molecule has 4 aromatic heterocycles. The molecule has 0 aliphatic carbocycles. The van der Waals surface area contributed by atoms with Crippen LogP contribution >= 0.6 is 23.2 Å². The van der Waals surface area contributed by atoms with Crippen molar-refractivity contribution in [3.63, 3.8) is 0 Å². The first-order chi connectivity index (χ1) is 30.6. The molecule has 6 heterocycles. The van der Waals surface area contributed by atoms with Crippen LogP contribution in [0.3, 0.4) is 0 Å². The second kappa shape index (κ2) is 15.8. The number of hydrogen-bond donors (Lipinski definition) is 2. The zero-order valence-electron chi connectivity index (χ0n) is 34.1. The number of carbonyl (C=O) groups excluding carboxylic acids is 3. The fourth-order valence-electron chi connectivity index (χ4n) is 9.43. The number of benzene rings is 4. The number of hydrogen-bond acceptors (Lipinski definition) is 10. The van der Waals surface area contributed by atoms with Gasteiger partial charge in [0.05, 0.1) is 44.0 Å². The fourth-order valence-corrected chi connectivity index (χ4v) is 9.81. The van der Waals surface area contributed by atoms with Gasteiger partial charge in [-0.3, -0.25) is 9.59 Å². The molecule has 16 heteroatoms. The standard InChI is InChI=1S/C47H38Cl2N8O6/c1-61-36-11-3-7-28-30(36)22-39(48)54-41(28)46(59)56-19-5-9-34(56)44-52-32-18-15-26(21-33(32)53-44)38-24-51-45(63-38)25-13-16-27(17-14-25)57(20-6-10-35(57)43(50)58)47(60)42-29-8-4-12-37(62-2)31(29)23-40(49)55-42/h3-4,7-8,11-18,21-24,34-35H,5-6,9-10,19-20H2,1-2H3,(H2-,50,52,53,58)/p+1/t34-,35-,57?/m0/s1. The van der Waals surface area contributed by atoms with Crippen molar-refractivity contribution in [2.45, 2.75) is 37.8 Å². The molecule has 4 aromatic carbocycles. The maximum Gasteiger partial charge on any atom is 0.370 e. The van der Waals surface area contributed by atoms with Gasteiger partial charge < -0.3 is 29.5 Å². The molecule has 3 N–H and O–H groups in total. The van der Waals surface area contributed by atoms with Crippen molar-refractivity contribution in [2.24, 2.45) is 5.73 Å². The fraction of sp³-hybridized carbons (Fsp3) is 0.213. The van der Waals surface area contributed by atoms with Gasteiger partial charge in [0.2, 0.25) is 5.89 Å². The number of primary amides is 1. The number of rotatable bonds is 9. The van der Waals surface area contributed by atoms with E-state index in [1.54, 1.807) is 55.6 Å². The van der Waals surface area contributed by atoms with Gasteiger partial charge in [-0.1, -0.05) is 47.5 Å². The molecule has 14 nitrogen and oxygen atoms in total. The lowest BCUT2D eigenvalue weighted by Gasteiger charge is -2.35. The first-order valence-electron chi connectivity index (χ1n) is 20.4. The largest absolute Gasteiger partial charge is 0.496 e. The third-order valence-corrected chi connectivity index (χ3v) is 12.7. The predicted molar refractivity (Wildman–Crippen MR) is 240 cm³/mol. The van der Waals surface area contributed by atoms with Crippen LogP contribution in [0.4, 0.5) is 5.69 Å². The summed E-state index contributed by atoms with van der Waals surface area (Å²) < 4.78 is 17.1. The maximum absolute atomic E-state index is 14.8. The van der Waals surface area contributed by atoms with E-state index < -0.39 is 11.9 Å². The van der Waals surface area contributed by atoms with E-state index in [0.29, 0.717) is 87.7 Å². The number of H-pyrrole nitrogens is 1. The van der Waals surface area contributed by atoms with E-state index in [2.05, 4.69) is 19.9 Å². The van der Waals surface area contributed by atoms with Crippen LogP contribution in [0.2, 0.25) is 10.3 Å². The second-order valence-electron chi connectivity index (χ2n) is 15.7. The Balaban J connectivity index is 0.926.